The van der Waals surface area contributed by atoms with E-state index in [1.165, 1.54) is 31.4 Å². The fourth-order valence-corrected chi connectivity index (χ4v) is 1.86. The van der Waals surface area contributed by atoms with Crippen molar-refractivity contribution in [2.45, 2.75) is 0 Å². The molecule has 0 atom stereocenters. The fraction of sp³-hybridized carbons (Fsp3) is 0.0714. The lowest BCUT2D eigenvalue weighted by Gasteiger charge is -2.09. The first kappa shape index (κ1) is 13.5. The number of ether oxygens (including phenoxy) is 1. The highest BCUT2D eigenvalue weighted by Gasteiger charge is 2.21. The minimum absolute atomic E-state index is 0.0518. The van der Waals surface area contributed by atoms with Gasteiger partial charge in [-0.05, 0) is 30.3 Å². The van der Waals surface area contributed by atoms with Crippen molar-refractivity contribution in [3.63, 3.8) is 0 Å². The molecule has 0 radical (unpaired) electrons. The Morgan fingerprint density at radius 1 is 1.16 bits per heavy atom. The molecule has 0 amide bonds. The van der Waals surface area contributed by atoms with Gasteiger partial charge in [-0.2, -0.15) is 0 Å². The molecule has 0 aliphatic carbocycles. The van der Waals surface area contributed by atoms with E-state index < -0.39 is 23.0 Å². The smallest absolute Gasteiger partial charge is 0.202 e. The van der Waals surface area contributed by atoms with E-state index in [-0.39, 0.29) is 11.3 Å². The maximum atomic E-state index is 13.6. The Kier molecular flexibility index (Phi) is 3.81. The summed E-state index contributed by atoms with van der Waals surface area (Å²) < 4.78 is 32.1. The molecule has 5 heteroatoms. The van der Waals surface area contributed by atoms with Gasteiger partial charge in [0.25, 0.3) is 0 Å². The molecule has 98 valence electrons. The molecule has 0 saturated carbocycles. The number of carbonyl (C=O) groups is 1. The van der Waals surface area contributed by atoms with Crippen LogP contribution in [0.3, 0.4) is 0 Å². The Morgan fingerprint density at radius 2 is 1.79 bits per heavy atom. The van der Waals surface area contributed by atoms with Crippen LogP contribution in [0.2, 0.25) is 5.02 Å². The average Bonchev–Trinajstić information content (AvgIpc) is 2.38. The van der Waals surface area contributed by atoms with Crippen molar-refractivity contribution in [2.24, 2.45) is 0 Å². The highest BCUT2D eigenvalue weighted by molar-refractivity contribution is 6.31. The zero-order valence-electron chi connectivity index (χ0n) is 9.91. The molecule has 0 saturated heterocycles. The van der Waals surface area contributed by atoms with Gasteiger partial charge in [0.2, 0.25) is 5.78 Å². The first-order chi connectivity index (χ1) is 9.04. The van der Waals surface area contributed by atoms with Gasteiger partial charge >= 0.3 is 0 Å². The number of hydrogen-bond donors (Lipinski definition) is 0. The van der Waals surface area contributed by atoms with Crippen molar-refractivity contribution in [1.82, 2.24) is 0 Å². The van der Waals surface area contributed by atoms with E-state index in [4.69, 9.17) is 16.3 Å². The Labute approximate surface area is 113 Å². The summed E-state index contributed by atoms with van der Waals surface area (Å²) in [6, 6.07) is 7.48. The quantitative estimate of drug-likeness (QED) is 0.799. The van der Waals surface area contributed by atoms with Crippen LogP contribution < -0.4 is 4.74 Å². The number of rotatable bonds is 3. The molecule has 0 aliphatic heterocycles. The van der Waals surface area contributed by atoms with Crippen LogP contribution in [0.15, 0.2) is 36.4 Å². The van der Waals surface area contributed by atoms with Crippen LogP contribution in [0.1, 0.15) is 15.9 Å². The van der Waals surface area contributed by atoms with Crippen LogP contribution in [-0.4, -0.2) is 12.9 Å². The molecule has 0 aliphatic rings. The second-order valence-corrected chi connectivity index (χ2v) is 4.21. The molecule has 0 heterocycles. The lowest BCUT2D eigenvalue weighted by Crippen LogP contribution is -2.09. The number of halogens is 3. The SMILES string of the molecule is COc1cc(Cl)ccc1C(=O)c1c(F)cccc1F. The van der Waals surface area contributed by atoms with Gasteiger partial charge in [-0.1, -0.05) is 17.7 Å². The predicted molar refractivity (Wildman–Crippen MR) is 67.8 cm³/mol. The molecule has 0 fully saturated rings. The first-order valence-electron chi connectivity index (χ1n) is 5.37. The Bertz CT molecular complexity index is 621. The fourth-order valence-electron chi connectivity index (χ4n) is 1.70. The predicted octanol–water partition coefficient (Wildman–Crippen LogP) is 3.86. The van der Waals surface area contributed by atoms with Gasteiger partial charge in [0, 0.05) is 5.02 Å². The summed E-state index contributed by atoms with van der Waals surface area (Å²) in [4.78, 5) is 12.2. The third-order valence-electron chi connectivity index (χ3n) is 2.60. The first-order valence-corrected chi connectivity index (χ1v) is 5.74. The molecular formula is C14H9ClF2O2. The molecule has 2 aromatic rings. The second kappa shape index (κ2) is 5.36. The van der Waals surface area contributed by atoms with Crippen LogP contribution in [-0.2, 0) is 0 Å². The standard InChI is InChI=1S/C14H9ClF2O2/c1-19-12-7-8(15)5-6-9(12)14(18)13-10(16)3-2-4-11(13)17/h2-7H,1H3. The van der Waals surface area contributed by atoms with E-state index >= 15 is 0 Å². The third-order valence-corrected chi connectivity index (χ3v) is 2.83. The van der Waals surface area contributed by atoms with E-state index in [1.54, 1.807) is 0 Å². The zero-order valence-corrected chi connectivity index (χ0v) is 10.7. The largest absolute Gasteiger partial charge is 0.496 e. The summed E-state index contributed by atoms with van der Waals surface area (Å²) in [6.07, 6.45) is 0. The van der Waals surface area contributed by atoms with Crippen LogP contribution >= 0.6 is 11.6 Å². The summed E-state index contributed by atoms with van der Waals surface area (Å²) in [7, 11) is 1.35. The molecule has 0 unspecified atom stereocenters. The summed E-state index contributed by atoms with van der Waals surface area (Å²) in [5.41, 5.74) is -0.556. The van der Waals surface area contributed by atoms with Gasteiger partial charge in [0.1, 0.15) is 17.4 Å². The monoisotopic (exact) mass is 282 g/mol. The molecule has 19 heavy (non-hydrogen) atoms. The van der Waals surface area contributed by atoms with E-state index in [2.05, 4.69) is 0 Å². The van der Waals surface area contributed by atoms with Crippen molar-refractivity contribution in [1.29, 1.82) is 0 Å². The van der Waals surface area contributed by atoms with Gasteiger partial charge in [-0.25, -0.2) is 8.78 Å². The van der Waals surface area contributed by atoms with Gasteiger partial charge in [-0.15, -0.1) is 0 Å². The van der Waals surface area contributed by atoms with Gasteiger partial charge in [0.05, 0.1) is 18.2 Å². The van der Waals surface area contributed by atoms with Crippen molar-refractivity contribution < 1.29 is 18.3 Å². The minimum atomic E-state index is -0.915. The van der Waals surface area contributed by atoms with Gasteiger partial charge < -0.3 is 4.74 Å². The number of ketones is 1. The van der Waals surface area contributed by atoms with Crippen molar-refractivity contribution in [3.8, 4) is 5.75 Å². The Hall–Kier alpha value is -1.94. The summed E-state index contributed by atoms with van der Waals surface area (Å²) >= 11 is 5.77. The number of methoxy groups -OCH3 is 1. The summed E-state index contributed by atoms with van der Waals surface area (Å²) in [6.45, 7) is 0. The van der Waals surface area contributed by atoms with E-state index in [0.29, 0.717) is 5.02 Å². The number of hydrogen-bond acceptors (Lipinski definition) is 2. The molecule has 2 rings (SSSR count). The summed E-state index contributed by atoms with van der Waals surface area (Å²) in [5, 5.41) is 0.363. The number of benzene rings is 2. The highest BCUT2D eigenvalue weighted by atomic mass is 35.5. The maximum absolute atomic E-state index is 13.6. The molecular weight excluding hydrogens is 274 g/mol. The molecule has 0 bridgehead atoms. The van der Waals surface area contributed by atoms with Crippen molar-refractivity contribution in [3.05, 3.63) is 64.2 Å². The number of carbonyl (C=O) groups excluding carboxylic acids is 1. The van der Waals surface area contributed by atoms with Crippen molar-refractivity contribution >= 4 is 17.4 Å². The minimum Gasteiger partial charge on any atom is -0.496 e. The van der Waals surface area contributed by atoms with Gasteiger partial charge in [-0.3, -0.25) is 4.79 Å². The lowest BCUT2D eigenvalue weighted by atomic mass is 10.0. The normalized spacial score (nSPS) is 10.3. The Balaban J connectivity index is 2.56. The zero-order chi connectivity index (χ0) is 14.0. The topological polar surface area (TPSA) is 26.3 Å². The highest BCUT2D eigenvalue weighted by Crippen LogP contribution is 2.27. The van der Waals surface area contributed by atoms with Crippen LogP contribution in [0.25, 0.3) is 0 Å². The molecule has 0 N–H and O–H groups in total. The lowest BCUT2D eigenvalue weighted by molar-refractivity contribution is 0.102. The maximum Gasteiger partial charge on any atom is 0.202 e. The van der Waals surface area contributed by atoms with Gasteiger partial charge in [0.15, 0.2) is 0 Å². The molecule has 0 spiro atoms. The van der Waals surface area contributed by atoms with Crippen LogP contribution in [0.4, 0.5) is 8.78 Å². The van der Waals surface area contributed by atoms with Crippen molar-refractivity contribution in [2.75, 3.05) is 7.11 Å². The summed E-state index contributed by atoms with van der Waals surface area (Å²) in [5.74, 6) is -2.45. The third kappa shape index (κ3) is 2.58. The average molecular weight is 283 g/mol. The van der Waals surface area contributed by atoms with E-state index in [1.807, 2.05) is 0 Å². The van der Waals surface area contributed by atoms with E-state index in [0.717, 1.165) is 12.1 Å². The van der Waals surface area contributed by atoms with Crippen LogP contribution in [0.5, 0.6) is 5.75 Å². The molecule has 0 aromatic heterocycles. The Morgan fingerprint density at radius 3 is 2.37 bits per heavy atom. The van der Waals surface area contributed by atoms with E-state index in [9.17, 15) is 13.6 Å². The molecule has 2 aromatic carbocycles. The van der Waals surface area contributed by atoms with Crippen LogP contribution in [0, 0.1) is 11.6 Å². The second-order valence-electron chi connectivity index (χ2n) is 3.77. The molecule has 2 nitrogen and oxygen atoms in total.